The number of thiophene rings is 1. The second kappa shape index (κ2) is 6.45. The van der Waals surface area contributed by atoms with Crippen molar-refractivity contribution in [3.8, 4) is 5.75 Å². The van der Waals surface area contributed by atoms with Crippen LogP contribution in [0.25, 0.3) is 0 Å². The van der Waals surface area contributed by atoms with Crippen LogP contribution in [0.15, 0.2) is 28.1 Å². The van der Waals surface area contributed by atoms with E-state index in [1.54, 1.807) is 0 Å². The Morgan fingerprint density at radius 3 is 2.47 bits per heavy atom. The number of hydrogen-bond donors (Lipinski definition) is 1. The van der Waals surface area contributed by atoms with Crippen molar-refractivity contribution in [2.75, 3.05) is 6.54 Å². The molecule has 0 aliphatic rings. The van der Waals surface area contributed by atoms with Gasteiger partial charge in [-0.2, -0.15) is 0 Å². The van der Waals surface area contributed by atoms with Crippen molar-refractivity contribution in [2.45, 2.75) is 13.0 Å². The molecule has 2 rings (SSSR count). The van der Waals surface area contributed by atoms with Gasteiger partial charge < -0.3 is 10.5 Å². The fourth-order valence-corrected chi connectivity index (χ4v) is 3.01. The first kappa shape index (κ1) is 14.4. The second-order valence-corrected chi connectivity index (χ2v) is 5.76. The van der Waals surface area contributed by atoms with Crippen LogP contribution in [0.2, 0.25) is 0 Å². The van der Waals surface area contributed by atoms with Crippen molar-refractivity contribution in [1.29, 1.82) is 0 Å². The van der Waals surface area contributed by atoms with Crippen LogP contribution in [0, 0.1) is 11.6 Å². The topological polar surface area (TPSA) is 35.2 Å². The van der Waals surface area contributed by atoms with Crippen LogP contribution in [0.1, 0.15) is 10.4 Å². The molecule has 0 atom stereocenters. The summed E-state index contributed by atoms with van der Waals surface area (Å²) >= 11 is 4.80. The molecule has 1 heterocycles. The Kier molecular flexibility index (Phi) is 4.90. The van der Waals surface area contributed by atoms with E-state index in [1.807, 2.05) is 11.4 Å². The molecule has 0 aliphatic carbocycles. The molecule has 0 fully saturated rings. The summed E-state index contributed by atoms with van der Waals surface area (Å²) in [6.07, 6.45) is 0.435. The normalized spacial score (nSPS) is 10.7. The summed E-state index contributed by atoms with van der Waals surface area (Å²) in [4.78, 5) is 0.879. The minimum absolute atomic E-state index is 0.127. The summed E-state index contributed by atoms with van der Waals surface area (Å²) < 4.78 is 33.6. The van der Waals surface area contributed by atoms with Gasteiger partial charge in [-0.25, -0.2) is 8.78 Å². The molecule has 0 aliphatic heterocycles. The first-order chi connectivity index (χ1) is 9.11. The zero-order valence-corrected chi connectivity index (χ0v) is 12.4. The SMILES string of the molecule is NCCc1cc(F)c(OCc2sccc2Br)c(F)c1. The van der Waals surface area contributed by atoms with Gasteiger partial charge >= 0.3 is 0 Å². The van der Waals surface area contributed by atoms with Gasteiger partial charge in [-0.15, -0.1) is 11.3 Å². The molecule has 1 aromatic heterocycles. The van der Waals surface area contributed by atoms with Crippen LogP contribution in [0.4, 0.5) is 8.78 Å². The smallest absolute Gasteiger partial charge is 0.191 e. The van der Waals surface area contributed by atoms with E-state index in [4.69, 9.17) is 10.5 Å². The lowest BCUT2D eigenvalue weighted by Gasteiger charge is -2.09. The Morgan fingerprint density at radius 1 is 1.26 bits per heavy atom. The lowest BCUT2D eigenvalue weighted by Crippen LogP contribution is -2.05. The molecule has 0 unspecified atom stereocenters. The highest BCUT2D eigenvalue weighted by Crippen LogP contribution is 2.28. The predicted molar refractivity (Wildman–Crippen MR) is 75.5 cm³/mol. The maximum atomic E-state index is 13.7. The average Bonchev–Trinajstić information content (AvgIpc) is 2.74. The highest BCUT2D eigenvalue weighted by Gasteiger charge is 2.13. The van der Waals surface area contributed by atoms with Crippen LogP contribution < -0.4 is 10.5 Å². The van der Waals surface area contributed by atoms with Crippen LogP contribution in [0.5, 0.6) is 5.75 Å². The number of nitrogens with two attached hydrogens (primary N) is 1. The number of ether oxygens (including phenoxy) is 1. The van der Waals surface area contributed by atoms with E-state index in [-0.39, 0.29) is 12.4 Å². The molecule has 2 nitrogen and oxygen atoms in total. The van der Waals surface area contributed by atoms with Crippen molar-refractivity contribution >= 4 is 27.3 Å². The van der Waals surface area contributed by atoms with Crippen molar-refractivity contribution in [1.82, 2.24) is 0 Å². The summed E-state index contributed by atoms with van der Waals surface area (Å²) in [6.45, 7) is 0.476. The Labute approximate surface area is 122 Å². The lowest BCUT2D eigenvalue weighted by molar-refractivity contribution is 0.276. The summed E-state index contributed by atoms with van der Waals surface area (Å²) in [5.41, 5.74) is 5.89. The van der Waals surface area contributed by atoms with Crippen LogP contribution in [-0.2, 0) is 13.0 Å². The van der Waals surface area contributed by atoms with Gasteiger partial charge in [0.2, 0.25) is 0 Å². The van der Waals surface area contributed by atoms with Gasteiger partial charge in [-0.1, -0.05) is 0 Å². The summed E-state index contributed by atoms with van der Waals surface area (Å²) in [5, 5.41) is 1.87. The van der Waals surface area contributed by atoms with E-state index in [1.165, 1.54) is 23.5 Å². The first-order valence-electron chi connectivity index (χ1n) is 5.64. The highest BCUT2D eigenvalue weighted by atomic mass is 79.9. The minimum Gasteiger partial charge on any atom is -0.482 e. The van der Waals surface area contributed by atoms with Gasteiger partial charge in [0, 0.05) is 4.47 Å². The van der Waals surface area contributed by atoms with E-state index in [0.29, 0.717) is 18.5 Å². The van der Waals surface area contributed by atoms with Gasteiger partial charge in [-0.3, -0.25) is 0 Å². The summed E-state index contributed by atoms with van der Waals surface area (Å²) in [7, 11) is 0. The maximum absolute atomic E-state index is 13.7. The van der Waals surface area contributed by atoms with Gasteiger partial charge in [-0.05, 0) is 58.0 Å². The summed E-state index contributed by atoms with van der Waals surface area (Å²) in [6, 6.07) is 4.38. The molecule has 2 N–H and O–H groups in total. The van der Waals surface area contributed by atoms with Gasteiger partial charge in [0.15, 0.2) is 17.4 Å². The Hall–Kier alpha value is -0.980. The largest absolute Gasteiger partial charge is 0.482 e. The first-order valence-corrected chi connectivity index (χ1v) is 7.31. The third kappa shape index (κ3) is 3.52. The molecule has 2 aromatic rings. The lowest BCUT2D eigenvalue weighted by atomic mass is 10.1. The molecule has 0 saturated carbocycles. The zero-order valence-electron chi connectivity index (χ0n) is 9.96. The molecule has 0 bridgehead atoms. The van der Waals surface area contributed by atoms with Crippen molar-refractivity contribution in [3.05, 3.63) is 50.1 Å². The van der Waals surface area contributed by atoms with Gasteiger partial charge in [0.05, 0.1) is 4.88 Å². The Bertz CT molecular complexity index is 551. The monoisotopic (exact) mass is 347 g/mol. The number of benzene rings is 1. The molecule has 1 aromatic carbocycles. The van der Waals surface area contributed by atoms with E-state index >= 15 is 0 Å². The molecule has 0 saturated heterocycles. The van der Waals surface area contributed by atoms with Crippen LogP contribution in [-0.4, -0.2) is 6.54 Å². The minimum atomic E-state index is -0.698. The zero-order chi connectivity index (χ0) is 13.8. The van der Waals surface area contributed by atoms with Crippen LogP contribution >= 0.6 is 27.3 Å². The summed E-state index contributed by atoms with van der Waals surface area (Å²) in [5.74, 6) is -1.74. The van der Waals surface area contributed by atoms with Crippen molar-refractivity contribution < 1.29 is 13.5 Å². The van der Waals surface area contributed by atoms with E-state index in [0.717, 1.165) is 9.35 Å². The number of rotatable bonds is 5. The predicted octanol–water partition coefficient (Wildman–Crippen LogP) is 3.87. The standard InChI is InChI=1S/C13H12BrF2NOS/c14-9-2-4-19-12(9)7-18-13-10(15)5-8(1-3-17)6-11(13)16/h2,4-6H,1,3,7,17H2. The molecule has 0 spiro atoms. The number of hydrogen-bond acceptors (Lipinski definition) is 3. The highest BCUT2D eigenvalue weighted by molar-refractivity contribution is 9.10. The van der Waals surface area contributed by atoms with E-state index in [2.05, 4.69) is 15.9 Å². The fraction of sp³-hybridized carbons (Fsp3) is 0.231. The number of halogens is 3. The molecule has 19 heavy (non-hydrogen) atoms. The molecule has 0 amide bonds. The maximum Gasteiger partial charge on any atom is 0.191 e. The fourth-order valence-electron chi connectivity index (χ4n) is 1.63. The van der Waals surface area contributed by atoms with Crippen molar-refractivity contribution in [2.24, 2.45) is 5.73 Å². The molecule has 102 valence electrons. The third-order valence-corrected chi connectivity index (χ3v) is 4.43. The molecular weight excluding hydrogens is 336 g/mol. The van der Waals surface area contributed by atoms with E-state index in [9.17, 15) is 8.78 Å². The van der Waals surface area contributed by atoms with Crippen LogP contribution in [0.3, 0.4) is 0 Å². The third-order valence-electron chi connectivity index (χ3n) is 2.53. The average molecular weight is 348 g/mol. The Balaban J connectivity index is 2.14. The van der Waals surface area contributed by atoms with Gasteiger partial charge in [0.25, 0.3) is 0 Å². The quantitative estimate of drug-likeness (QED) is 0.890. The molecule has 0 radical (unpaired) electrons. The van der Waals surface area contributed by atoms with E-state index < -0.39 is 11.6 Å². The van der Waals surface area contributed by atoms with Gasteiger partial charge in [0.1, 0.15) is 6.61 Å². The second-order valence-electron chi connectivity index (χ2n) is 3.91. The van der Waals surface area contributed by atoms with Crippen molar-refractivity contribution in [3.63, 3.8) is 0 Å². The molecular formula is C13H12BrF2NOS. The Morgan fingerprint density at radius 2 is 1.95 bits per heavy atom. The molecule has 6 heteroatoms.